The van der Waals surface area contributed by atoms with Crippen molar-refractivity contribution in [3.8, 4) is 11.3 Å². The molecule has 0 aliphatic carbocycles. The maximum Gasteiger partial charge on any atom is 0.221 e. The summed E-state index contributed by atoms with van der Waals surface area (Å²) in [5, 5.41) is 2.60. The Morgan fingerprint density at radius 1 is 0.840 bits per heavy atom. The fraction of sp³-hybridized carbons (Fsp3) is 0.174. The third kappa shape index (κ3) is 2.32. The molecule has 0 unspecified atom stereocenters. The lowest BCUT2D eigenvalue weighted by atomic mass is 9.93. The van der Waals surface area contributed by atoms with E-state index in [1.54, 1.807) is 12.1 Å². The Balaban J connectivity index is 2.29. The first-order valence-corrected chi connectivity index (χ1v) is 8.56. The highest BCUT2D eigenvalue weighted by atomic mass is 19.1. The van der Waals surface area contributed by atoms with Crippen molar-refractivity contribution in [2.24, 2.45) is 7.05 Å². The minimum atomic E-state index is -0.169. The van der Waals surface area contributed by atoms with Gasteiger partial charge in [0, 0.05) is 11.5 Å². The molecule has 4 aromatic rings. The van der Waals surface area contributed by atoms with Crippen LogP contribution in [0.5, 0.6) is 0 Å². The molecule has 1 heterocycles. The number of nitrogens with zero attached hydrogens (tertiary/aromatic N) is 1. The Hall–Kier alpha value is -2.74. The van der Waals surface area contributed by atoms with Crippen molar-refractivity contribution in [1.82, 2.24) is 0 Å². The summed E-state index contributed by atoms with van der Waals surface area (Å²) >= 11 is 0. The average Bonchev–Trinajstić information content (AvgIpc) is 2.59. The molecule has 0 spiro atoms. The second kappa shape index (κ2) is 5.66. The Morgan fingerprint density at radius 2 is 1.56 bits per heavy atom. The number of fused-ring (bicyclic) bond motifs is 3. The number of halogens is 1. The van der Waals surface area contributed by atoms with E-state index in [1.807, 2.05) is 24.3 Å². The number of aryl methyl sites for hydroxylation is 3. The summed E-state index contributed by atoms with van der Waals surface area (Å²) < 4.78 is 17.0. The molecule has 0 N–H and O–H groups in total. The molecule has 0 aliphatic heterocycles. The van der Waals surface area contributed by atoms with Gasteiger partial charge in [-0.25, -0.2) is 4.39 Å². The summed E-state index contributed by atoms with van der Waals surface area (Å²) in [6.07, 6.45) is 0. The highest BCUT2D eigenvalue weighted by Gasteiger charge is 2.23. The summed E-state index contributed by atoms with van der Waals surface area (Å²) in [4.78, 5) is 0. The quantitative estimate of drug-likeness (QED) is 0.318. The van der Waals surface area contributed by atoms with Gasteiger partial charge in [0.1, 0.15) is 12.9 Å². The van der Waals surface area contributed by atoms with Crippen LogP contribution in [-0.2, 0) is 7.05 Å². The lowest BCUT2D eigenvalue weighted by molar-refractivity contribution is -0.632. The van der Waals surface area contributed by atoms with Gasteiger partial charge in [0.05, 0.1) is 16.3 Å². The molecule has 25 heavy (non-hydrogen) atoms. The van der Waals surface area contributed by atoms with Crippen molar-refractivity contribution < 1.29 is 8.96 Å². The van der Waals surface area contributed by atoms with Crippen LogP contribution >= 0.6 is 0 Å². The number of rotatable bonds is 1. The molecule has 0 radical (unpaired) electrons. The number of benzene rings is 3. The second-order valence-corrected chi connectivity index (χ2v) is 6.84. The fourth-order valence-corrected chi connectivity index (χ4v) is 3.89. The van der Waals surface area contributed by atoms with Crippen molar-refractivity contribution in [1.29, 1.82) is 0 Å². The van der Waals surface area contributed by atoms with Crippen molar-refractivity contribution in [3.63, 3.8) is 0 Å². The molecule has 0 saturated carbocycles. The van der Waals surface area contributed by atoms with Crippen molar-refractivity contribution >= 4 is 21.7 Å². The summed E-state index contributed by atoms with van der Waals surface area (Å²) in [6.45, 7) is 6.39. The van der Waals surface area contributed by atoms with Crippen molar-refractivity contribution in [3.05, 3.63) is 77.1 Å². The first-order chi connectivity index (χ1) is 12.0. The Labute approximate surface area is 147 Å². The van der Waals surface area contributed by atoms with Crippen LogP contribution in [0.4, 0.5) is 4.39 Å². The highest BCUT2D eigenvalue weighted by Crippen LogP contribution is 2.35. The molecule has 0 saturated heterocycles. The number of hydrogen-bond acceptors (Lipinski definition) is 0. The number of para-hydroxylation sites is 1. The van der Waals surface area contributed by atoms with Gasteiger partial charge in [0.15, 0.2) is 0 Å². The van der Waals surface area contributed by atoms with E-state index in [-0.39, 0.29) is 5.82 Å². The summed E-state index contributed by atoms with van der Waals surface area (Å²) in [6, 6.07) is 17.8. The molecule has 4 rings (SSSR count). The largest absolute Gasteiger partial charge is 0.221 e. The molecule has 1 nitrogen and oxygen atoms in total. The summed E-state index contributed by atoms with van der Waals surface area (Å²) in [5.41, 5.74) is 6.98. The Kier molecular flexibility index (Phi) is 3.57. The van der Waals surface area contributed by atoms with Crippen molar-refractivity contribution in [2.45, 2.75) is 20.8 Å². The summed E-state index contributed by atoms with van der Waals surface area (Å²) in [7, 11) is 2.07. The monoisotopic (exact) mass is 330 g/mol. The Bertz CT molecular complexity index is 1140. The van der Waals surface area contributed by atoms with Crippen LogP contribution in [0, 0.1) is 26.6 Å². The number of hydrogen-bond donors (Lipinski definition) is 0. The minimum Gasteiger partial charge on any atom is -0.206 e. The molecule has 0 fully saturated rings. The standard InChI is InChI=1S/C23H21FN/c1-14-12-15(2)16(3)19(13-14)23-18-9-7-10-20(24)22(18)17-8-5-6-11-21(17)25(23)4/h5-13H,1-4H3/q+1. The van der Waals surface area contributed by atoms with Crippen LogP contribution < -0.4 is 4.57 Å². The van der Waals surface area contributed by atoms with E-state index in [0.29, 0.717) is 5.39 Å². The third-order valence-corrected chi connectivity index (χ3v) is 5.21. The van der Waals surface area contributed by atoms with Crippen LogP contribution in [0.25, 0.3) is 32.9 Å². The second-order valence-electron chi connectivity index (χ2n) is 6.84. The van der Waals surface area contributed by atoms with Crippen LogP contribution in [0.15, 0.2) is 54.6 Å². The van der Waals surface area contributed by atoms with Gasteiger partial charge in [-0.05, 0) is 56.2 Å². The van der Waals surface area contributed by atoms with Gasteiger partial charge in [-0.2, -0.15) is 4.57 Å². The van der Waals surface area contributed by atoms with Gasteiger partial charge in [0.2, 0.25) is 11.2 Å². The summed E-state index contributed by atoms with van der Waals surface area (Å²) in [5.74, 6) is -0.169. The molecular weight excluding hydrogens is 309 g/mol. The molecule has 0 aliphatic rings. The molecule has 2 heteroatoms. The predicted molar refractivity (Wildman–Crippen MR) is 102 cm³/mol. The van der Waals surface area contributed by atoms with Gasteiger partial charge >= 0.3 is 0 Å². The van der Waals surface area contributed by atoms with Crippen molar-refractivity contribution in [2.75, 3.05) is 0 Å². The number of pyridine rings is 1. The zero-order valence-electron chi connectivity index (χ0n) is 15.0. The molecule has 0 amide bonds. The van der Waals surface area contributed by atoms with Crippen LogP contribution in [0.3, 0.4) is 0 Å². The fourth-order valence-electron chi connectivity index (χ4n) is 3.89. The zero-order chi connectivity index (χ0) is 17.7. The normalized spacial score (nSPS) is 11.4. The molecule has 0 atom stereocenters. The zero-order valence-corrected chi connectivity index (χ0v) is 15.0. The highest BCUT2D eigenvalue weighted by molar-refractivity contribution is 6.09. The van der Waals surface area contributed by atoms with E-state index < -0.39 is 0 Å². The van der Waals surface area contributed by atoms with Gasteiger partial charge in [-0.1, -0.05) is 29.8 Å². The van der Waals surface area contributed by atoms with Gasteiger partial charge in [0.25, 0.3) is 0 Å². The van der Waals surface area contributed by atoms with Gasteiger partial charge < -0.3 is 0 Å². The van der Waals surface area contributed by atoms with E-state index in [1.165, 1.54) is 22.3 Å². The van der Waals surface area contributed by atoms with E-state index in [4.69, 9.17) is 0 Å². The molecule has 1 aromatic heterocycles. The van der Waals surface area contributed by atoms with E-state index in [0.717, 1.165) is 22.0 Å². The lowest BCUT2D eigenvalue weighted by Gasteiger charge is -2.13. The lowest BCUT2D eigenvalue weighted by Crippen LogP contribution is -2.33. The van der Waals surface area contributed by atoms with Gasteiger partial charge in [-0.15, -0.1) is 0 Å². The molecule has 3 aromatic carbocycles. The molecule has 124 valence electrons. The van der Waals surface area contributed by atoms with E-state index in [9.17, 15) is 4.39 Å². The predicted octanol–water partition coefficient (Wildman–Crippen LogP) is 5.55. The maximum atomic E-state index is 14.8. The number of aromatic nitrogens is 1. The van der Waals surface area contributed by atoms with E-state index in [2.05, 4.69) is 50.6 Å². The first kappa shape index (κ1) is 15.8. The smallest absolute Gasteiger partial charge is 0.206 e. The van der Waals surface area contributed by atoms with Gasteiger partial charge in [-0.3, -0.25) is 0 Å². The molecule has 0 bridgehead atoms. The van der Waals surface area contributed by atoms with Crippen LogP contribution in [-0.4, -0.2) is 0 Å². The topological polar surface area (TPSA) is 3.88 Å². The third-order valence-electron chi connectivity index (χ3n) is 5.21. The average molecular weight is 330 g/mol. The van der Waals surface area contributed by atoms with E-state index >= 15 is 0 Å². The Morgan fingerprint density at radius 3 is 2.36 bits per heavy atom. The maximum absolute atomic E-state index is 14.8. The van der Waals surface area contributed by atoms with Crippen LogP contribution in [0.2, 0.25) is 0 Å². The SMILES string of the molecule is Cc1cc(C)c(C)c(-c2c3cccc(F)c3c3ccccc3[n+]2C)c1. The molecular formula is C23H21FN+. The first-order valence-electron chi connectivity index (χ1n) is 8.56. The van der Waals surface area contributed by atoms with Crippen LogP contribution in [0.1, 0.15) is 16.7 Å². The minimum absolute atomic E-state index is 0.169.